The van der Waals surface area contributed by atoms with E-state index in [4.69, 9.17) is 10.5 Å². The number of benzene rings is 2. The van der Waals surface area contributed by atoms with E-state index in [1.54, 1.807) is 12.1 Å². The zero-order valence-corrected chi connectivity index (χ0v) is 12.7. The van der Waals surface area contributed by atoms with Gasteiger partial charge in [0.25, 0.3) is 0 Å². The SMILES string of the molecule is CC1CN(Cc2cccc(N)c2)CC(c2ccc(F)cc2)O1. The molecule has 2 unspecified atom stereocenters. The molecule has 1 aliphatic heterocycles. The van der Waals surface area contributed by atoms with Gasteiger partial charge in [-0.1, -0.05) is 24.3 Å². The summed E-state index contributed by atoms with van der Waals surface area (Å²) in [6.07, 6.45) is 0.121. The van der Waals surface area contributed by atoms with Crippen LogP contribution in [0.25, 0.3) is 0 Å². The summed E-state index contributed by atoms with van der Waals surface area (Å²) in [7, 11) is 0. The molecule has 22 heavy (non-hydrogen) atoms. The van der Waals surface area contributed by atoms with E-state index in [0.29, 0.717) is 0 Å². The predicted octanol–water partition coefficient (Wildman–Crippen LogP) is 3.37. The average molecular weight is 300 g/mol. The Balaban J connectivity index is 1.72. The van der Waals surface area contributed by atoms with Gasteiger partial charge in [0.2, 0.25) is 0 Å². The first-order valence-electron chi connectivity index (χ1n) is 7.58. The van der Waals surface area contributed by atoms with Crippen molar-refractivity contribution in [3.8, 4) is 0 Å². The normalized spacial score (nSPS) is 22.6. The van der Waals surface area contributed by atoms with E-state index in [1.165, 1.54) is 17.7 Å². The number of hydrogen-bond acceptors (Lipinski definition) is 3. The molecular weight excluding hydrogens is 279 g/mol. The van der Waals surface area contributed by atoms with Crippen LogP contribution in [-0.2, 0) is 11.3 Å². The van der Waals surface area contributed by atoms with E-state index in [1.807, 2.05) is 18.2 Å². The third-order valence-corrected chi connectivity index (χ3v) is 3.93. The molecule has 0 aliphatic carbocycles. The summed E-state index contributed by atoms with van der Waals surface area (Å²) >= 11 is 0. The van der Waals surface area contributed by atoms with Crippen molar-refractivity contribution in [3.63, 3.8) is 0 Å². The van der Waals surface area contributed by atoms with Gasteiger partial charge in [0.1, 0.15) is 5.82 Å². The molecule has 0 saturated carbocycles. The summed E-state index contributed by atoms with van der Waals surface area (Å²) < 4.78 is 19.1. The highest BCUT2D eigenvalue weighted by Gasteiger charge is 2.26. The molecule has 0 aromatic heterocycles. The molecule has 3 rings (SSSR count). The molecule has 2 atom stereocenters. The number of hydrogen-bond donors (Lipinski definition) is 1. The van der Waals surface area contributed by atoms with Gasteiger partial charge in [-0.3, -0.25) is 4.90 Å². The number of halogens is 1. The van der Waals surface area contributed by atoms with Crippen LogP contribution in [0.2, 0.25) is 0 Å². The highest BCUT2D eigenvalue weighted by atomic mass is 19.1. The molecule has 3 nitrogen and oxygen atoms in total. The van der Waals surface area contributed by atoms with Crippen molar-refractivity contribution >= 4 is 5.69 Å². The van der Waals surface area contributed by atoms with Crippen LogP contribution in [-0.4, -0.2) is 24.1 Å². The first kappa shape index (κ1) is 15.0. The lowest BCUT2D eigenvalue weighted by Gasteiger charge is -2.37. The van der Waals surface area contributed by atoms with Crippen LogP contribution < -0.4 is 5.73 Å². The van der Waals surface area contributed by atoms with Gasteiger partial charge in [0.15, 0.2) is 0 Å². The number of anilines is 1. The van der Waals surface area contributed by atoms with Crippen molar-refractivity contribution in [3.05, 3.63) is 65.5 Å². The summed E-state index contributed by atoms with van der Waals surface area (Å²) in [5, 5.41) is 0. The van der Waals surface area contributed by atoms with Gasteiger partial charge >= 0.3 is 0 Å². The van der Waals surface area contributed by atoms with E-state index >= 15 is 0 Å². The monoisotopic (exact) mass is 300 g/mol. The highest BCUT2D eigenvalue weighted by Crippen LogP contribution is 2.26. The van der Waals surface area contributed by atoms with Gasteiger partial charge in [-0.25, -0.2) is 4.39 Å². The lowest BCUT2D eigenvalue weighted by Crippen LogP contribution is -2.42. The van der Waals surface area contributed by atoms with Crippen molar-refractivity contribution < 1.29 is 9.13 Å². The summed E-state index contributed by atoms with van der Waals surface area (Å²) in [4.78, 5) is 2.36. The molecule has 116 valence electrons. The second kappa shape index (κ2) is 6.46. The minimum Gasteiger partial charge on any atom is -0.399 e. The molecule has 0 bridgehead atoms. The minimum absolute atomic E-state index is 0.0228. The summed E-state index contributed by atoms with van der Waals surface area (Å²) in [5.41, 5.74) is 8.85. The summed E-state index contributed by atoms with van der Waals surface area (Å²) in [5.74, 6) is -0.218. The van der Waals surface area contributed by atoms with Crippen LogP contribution in [0, 0.1) is 5.82 Å². The van der Waals surface area contributed by atoms with E-state index < -0.39 is 0 Å². The van der Waals surface area contributed by atoms with Gasteiger partial charge in [-0.15, -0.1) is 0 Å². The third-order valence-electron chi connectivity index (χ3n) is 3.93. The van der Waals surface area contributed by atoms with E-state index in [-0.39, 0.29) is 18.0 Å². The average Bonchev–Trinajstić information content (AvgIpc) is 2.47. The predicted molar refractivity (Wildman–Crippen MR) is 85.8 cm³/mol. The largest absolute Gasteiger partial charge is 0.399 e. The van der Waals surface area contributed by atoms with Crippen LogP contribution in [0.15, 0.2) is 48.5 Å². The smallest absolute Gasteiger partial charge is 0.123 e. The second-order valence-corrected chi connectivity index (χ2v) is 5.93. The van der Waals surface area contributed by atoms with Gasteiger partial charge in [-0.2, -0.15) is 0 Å². The molecule has 1 saturated heterocycles. The maximum atomic E-state index is 13.1. The Morgan fingerprint density at radius 3 is 2.68 bits per heavy atom. The molecule has 2 N–H and O–H groups in total. The van der Waals surface area contributed by atoms with Gasteiger partial charge in [0.05, 0.1) is 12.2 Å². The standard InChI is InChI=1S/C18H21FN2O/c1-13-10-21(11-14-3-2-4-17(20)9-14)12-18(22-13)15-5-7-16(19)8-6-15/h2-9,13,18H,10-12,20H2,1H3. The zero-order chi connectivity index (χ0) is 15.5. The molecule has 4 heteroatoms. The summed E-state index contributed by atoms with van der Waals surface area (Å²) in [6.45, 7) is 4.59. The Hall–Kier alpha value is -1.91. The first-order chi connectivity index (χ1) is 10.6. The first-order valence-corrected chi connectivity index (χ1v) is 7.58. The van der Waals surface area contributed by atoms with Crippen molar-refractivity contribution in [1.29, 1.82) is 0 Å². The number of ether oxygens (including phenoxy) is 1. The zero-order valence-electron chi connectivity index (χ0n) is 12.7. The number of rotatable bonds is 3. The Morgan fingerprint density at radius 1 is 1.18 bits per heavy atom. The minimum atomic E-state index is -0.218. The maximum absolute atomic E-state index is 13.1. The maximum Gasteiger partial charge on any atom is 0.123 e. The Labute approximate surface area is 130 Å². The molecule has 2 aromatic rings. The van der Waals surface area contributed by atoms with Gasteiger partial charge in [0, 0.05) is 25.3 Å². The van der Waals surface area contributed by atoms with E-state index in [2.05, 4.69) is 17.9 Å². The topological polar surface area (TPSA) is 38.5 Å². The Morgan fingerprint density at radius 2 is 1.95 bits per heavy atom. The number of nitrogens with zero attached hydrogens (tertiary/aromatic N) is 1. The summed E-state index contributed by atoms with van der Waals surface area (Å²) in [6, 6.07) is 14.5. The fourth-order valence-corrected chi connectivity index (χ4v) is 2.98. The molecule has 2 aromatic carbocycles. The van der Waals surface area contributed by atoms with Crippen LogP contribution in [0.3, 0.4) is 0 Å². The molecule has 0 amide bonds. The number of nitrogen functional groups attached to an aromatic ring is 1. The molecule has 1 heterocycles. The Bertz CT molecular complexity index is 629. The van der Waals surface area contributed by atoms with Crippen LogP contribution in [0.5, 0.6) is 0 Å². The van der Waals surface area contributed by atoms with E-state index in [9.17, 15) is 4.39 Å². The lowest BCUT2D eigenvalue weighted by atomic mass is 10.1. The van der Waals surface area contributed by atoms with E-state index in [0.717, 1.165) is 30.9 Å². The highest BCUT2D eigenvalue weighted by molar-refractivity contribution is 5.40. The molecular formula is C18H21FN2O. The molecule has 1 aliphatic rings. The number of nitrogens with two attached hydrogens (primary N) is 1. The van der Waals surface area contributed by atoms with Crippen LogP contribution >= 0.6 is 0 Å². The van der Waals surface area contributed by atoms with Gasteiger partial charge < -0.3 is 10.5 Å². The van der Waals surface area contributed by atoms with Crippen LogP contribution in [0.1, 0.15) is 24.2 Å². The quantitative estimate of drug-likeness (QED) is 0.883. The lowest BCUT2D eigenvalue weighted by molar-refractivity contribution is -0.0814. The molecule has 0 spiro atoms. The van der Waals surface area contributed by atoms with Gasteiger partial charge in [-0.05, 0) is 42.3 Å². The fourth-order valence-electron chi connectivity index (χ4n) is 2.98. The second-order valence-electron chi connectivity index (χ2n) is 5.93. The van der Waals surface area contributed by atoms with Crippen molar-refractivity contribution in [2.45, 2.75) is 25.7 Å². The Kier molecular flexibility index (Phi) is 4.41. The third kappa shape index (κ3) is 3.64. The fraction of sp³-hybridized carbons (Fsp3) is 0.333. The van der Waals surface area contributed by atoms with Crippen molar-refractivity contribution in [2.75, 3.05) is 18.8 Å². The van der Waals surface area contributed by atoms with Crippen molar-refractivity contribution in [2.24, 2.45) is 0 Å². The molecule has 1 fully saturated rings. The van der Waals surface area contributed by atoms with Crippen LogP contribution in [0.4, 0.5) is 10.1 Å². The number of morpholine rings is 1. The van der Waals surface area contributed by atoms with Crippen molar-refractivity contribution in [1.82, 2.24) is 4.90 Å². The molecule has 0 radical (unpaired) electrons.